The van der Waals surface area contributed by atoms with Gasteiger partial charge in [0.25, 0.3) is 0 Å². The lowest BCUT2D eigenvalue weighted by atomic mass is 10.2. The van der Waals surface area contributed by atoms with Crippen LogP contribution in [0.15, 0.2) is 0 Å². The van der Waals surface area contributed by atoms with Gasteiger partial charge < -0.3 is 19.5 Å². The number of morpholine rings is 1. The first-order chi connectivity index (χ1) is 8.56. The van der Waals surface area contributed by atoms with Crippen molar-refractivity contribution in [2.24, 2.45) is 5.92 Å². The summed E-state index contributed by atoms with van der Waals surface area (Å²) in [6, 6.07) is 0. The van der Waals surface area contributed by atoms with E-state index < -0.39 is 12.1 Å². The second-order valence-corrected chi connectivity index (χ2v) is 5.03. The quantitative estimate of drug-likeness (QED) is 0.756. The summed E-state index contributed by atoms with van der Waals surface area (Å²) in [5.41, 5.74) is 0. The minimum absolute atomic E-state index is 0.0373. The Labute approximate surface area is 106 Å². The van der Waals surface area contributed by atoms with Crippen molar-refractivity contribution in [3.63, 3.8) is 0 Å². The average Bonchev–Trinajstić information content (AvgIpc) is 3.12. The molecule has 1 heterocycles. The van der Waals surface area contributed by atoms with Crippen LogP contribution in [-0.2, 0) is 19.1 Å². The first kappa shape index (κ1) is 13.3. The number of ether oxygens (including phenoxy) is 2. The van der Waals surface area contributed by atoms with Crippen LogP contribution in [0, 0.1) is 5.92 Å². The van der Waals surface area contributed by atoms with Crippen LogP contribution in [0.1, 0.15) is 19.8 Å². The molecule has 1 N–H and O–H groups in total. The minimum Gasteiger partial charge on any atom is -0.479 e. The molecule has 1 unspecified atom stereocenters. The van der Waals surface area contributed by atoms with Gasteiger partial charge in [-0.25, -0.2) is 4.79 Å². The molecule has 1 saturated carbocycles. The summed E-state index contributed by atoms with van der Waals surface area (Å²) >= 11 is 0. The summed E-state index contributed by atoms with van der Waals surface area (Å²) in [4.78, 5) is 24.3. The number of aliphatic carboxylic acids is 1. The van der Waals surface area contributed by atoms with Gasteiger partial charge in [0.15, 0.2) is 6.10 Å². The molecule has 6 heteroatoms. The van der Waals surface area contributed by atoms with E-state index in [9.17, 15) is 9.59 Å². The zero-order valence-electron chi connectivity index (χ0n) is 10.5. The zero-order valence-corrected chi connectivity index (χ0v) is 10.5. The lowest BCUT2D eigenvalue weighted by Crippen LogP contribution is -2.52. The van der Waals surface area contributed by atoms with Gasteiger partial charge in [-0.15, -0.1) is 0 Å². The second kappa shape index (κ2) is 5.67. The molecule has 0 radical (unpaired) electrons. The molecular formula is C12H19NO5. The molecule has 2 atom stereocenters. The number of carbonyl (C=O) groups excluding carboxylic acids is 1. The fourth-order valence-corrected chi connectivity index (χ4v) is 1.98. The molecule has 18 heavy (non-hydrogen) atoms. The Bertz CT molecular complexity index is 328. The maximum Gasteiger partial charge on any atom is 0.334 e. The fraction of sp³-hybridized carbons (Fsp3) is 0.833. The van der Waals surface area contributed by atoms with E-state index in [1.807, 2.05) is 0 Å². The molecule has 1 aliphatic carbocycles. The predicted molar refractivity (Wildman–Crippen MR) is 62.1 cm³/mol. The van der Waals surface area contributed by atoms with Gasteiger partial charge in [-0.2, -0.15) is 0 Å². The number of amides is 1. The van der Waals surface area contributed by atoms with Gasteiger partial charge in [0.05, 0.1) is 19.3 Å². The van der Waals surface area contributed by atoms with Gasteiger partial charge >= 0.3 is 5.97 Å². The lowest BCUT2D eigenvalue weighted by Gasteiger charge is -2.34. The number of nitrogens with zero attached hydrogens (tertiary/aromatic N) is 1. The van der Waals surface area contributed by atoms with Crippen LogP contribution in [0.5, 0.6) is 0 Å². The monoisotopic (exact) mass is 257 g/mol. The fourth-order valence-electron chi connectivity index (χ4n) is 1.98. The number of carbonyl (C=O) groups is 2. The first-order valence-electron chi connectivity index (χ1n) is 6.30. The third kappa shape index (κ3) is 3.68. The van der Waals surface area contributed by atoms with Crippen molar-refractivity contribution in [2.75, 3.05) is 26.3 Å². The standard InChI is InChI=1S/C12H19NO5/c1-8-4-13(5-10(18-8)12(15)16)11(14)7-17-6-9-2-3-9/h8-10H,2-7H2,1H3,(H,15,16)/t8-,10?/m1/s1. The molecule has 1 saturated heterocycles. The third-order valence-electron chi connectivity index (χ3n) is 3.16. The Hall–Kier alpha value is -1.14. The van der Waals surface area contributed by atoms with E-state index >= 15 is 0 Å². The highest BCUT2D eigenvalue weighted by atomic mass is 16.5. The van der Waals surface area contributed by atoms with Crippen molar-refractivity contribution < 1.29 is 24.2 Å². The first-order valence-corrected chi connectivity index (χ1v) is 6.30. The van der Waals surface area contributed by atoms with Crippen LogP contribution in [0.4, 0.5) is 0 Å². The Balaban J connectivity index is 1.78. The highest BCUT2D eigenvalue weighted by molar-refractivity contribution is 5.79. The topological polar surface area (TPSA) is 76.1 Å². The summed E-state index contributed by atoms with van der Waals surface area (Å²) < 4.78 is 10.6. The second-order valence-electron chi connectivity index (χ2n) is 5.03. The minimum atomic E-state index is -1.03. The summed E-state index contributed by atoms with van der Waals surface area (Å²) in [7, 11) is 0. The number of hydrogen-bond donors (Lipinski definition) is 1. The van der Waals surface area contributed by atoms with Crippen LogP contribution in [0.25, 0.3) is 0 Å². The number of carboxylic acids is 1. The predicted octanol–water partition coefficient (Wildman–Crippen LogP) is 0.114. The van der Waals surface area contributed by atoms with Crippen molar-refractivity contribution in [1.29, 1.82) is 0 Å². The van der Waals surface area contributed by atoms with E-state index in [1.165, 1.54) is 17.7 Å². The number of hydrogen-bond acceptors (Lipinski definition) is 4. The SMILES string of the molecule is C[C@@H]1CN(C(=O)COCC2CC2)CC(C(=O)O)O1. The van der Waals surface area contributed by atoms with Crippen LogP contribution in [0.3, 0.4) is 0 Å². The smallest absolute Gasteiger partial charge is 0.334 e. The Kier molecular flexibility index (Phi) is 4.19. The molecule has 2 fully saturated rings. The highest BCUT2D eigenvalue weighted by Crippen LogP contribution is 2.28. The van der Waals surface area contributed by atoms with Gasteiger partial charge in [-0.3, -0.25) is 4.79 Å². The number of rotatable bonds is 5. The zero-order chi connectivity index (χ0) is 13.1. The molecule has 0 aromatic carbocycles. The van der Waals surface area contributed by atoms with E-state index in [4.69, 9.17) is 14.6 Å². The van der Waals surface area contributed by atoms with Crippen LogP contribution in [0.2, 0.25) is 0 Å². The largest absolute Gasteiger partial charge is 0.479 e. The van der Waals surface area contributed by atoms with Crippen LogP contribution in [-0.4, -0.2) is 60.4 Å². The van der Waals surface area contributed by atoms with Gasteiger partial charge in [-0.05, 0) is 25.7 Å². The van der Waals surface area contributed by atoms with E-state index in [1.54, 1.807) is 6.92 Å². The summed E-state index contributed by atoms with van der Waals surface area (Å²) in [6.07, 6.45) is 1.18. The van der Waals surface area contributed by atoms with Crippen molar-refractivity contribution in [1.82, 2.24) is 4.90 Å². The maximum absolute atomic E-state index is 11.9. The van der Waals surface area contributed by atoms with Gasteiger partial charge in [0.1, 0.15) is 6.61 Å². The van der Waals surface area contributed by atoms with Crippen molar-refractivity contribution in [3.05, 3.63) is 0 Å². The van der Waals surface area contributed by atoms with Crippen molar-refractivity contribution in [3.8, 4) is 0 Å². The molecule has 2 aliphatic rings. The Morgan fingerprint density at radius 3 is 2.72 bits per heavy atom. The molecule has 2 rings (SSSR count). The molecule has 1 amide bonds. The number of carboxylic acid groups (broad SMARTS) is 1. The summed E-state index contributed by atoms with van der Waals surface area (Å²) in [6.45, 7) is 2.96. The normalized spacial score (nSPS) is 28.2. The van der Waals surface area contributed by atoms with Gasteiger partial charge in [0.2, 0.25) is 5.91 Å². The Morgan fingerprint density at radius 1 is 1.39 bits per heavy atom. The molecular weight excluding hydrogens is 238 g/mol. The molecule has 6 nitrogen and oxygen atoms in total. The summed E-state index contributed by atoms with van der Waals surface area (Å²) in [5.74, 6) is -0.566. The van der Waals surface area contributed by atoms with E-state index in [2.05, 4.69) is 0 Å². The van der Waals surface area contributed by atoms with E-state index in [0.717, 1.165) is 0 Å². The maximum atomic E-state index is 11.9. The van der Waals surface area contributed by atoms with E-state index in [0.29, 0.717) is 19.1 Å². The Morgan fingerprint density at radius 2 is 2.11 bits per heavy atom. The van der Waals surface area contributed by atoms with Crippen molar-refractivity contribution >= 4 is 11.9 Å². The molecule has 1 aliphatic heterocycles. The highest BCUT2D eigenvalue weighted by Gasteiger charge is 2.32. The lowest BCUT2D eigenvalue weighted by molar-refractivity contribution is -0.167. The average molecular weight is 257 g/mol. The third-order valence-corrected chi connectivity index (χ3v) is 3.16. The van der Waals surface area contributed by atoms with Crippen molar-refractivity contribution in [2.45, 2.75) is 32.0 Å². The summed E-state index contributed by atoms with van der Waals surface area (Å²) in [5, 5.41) is 8.92. The van der Waals surface area contributed by atoms with Crippen LogP contribution >= 0.6 is 0 Å². The molecule has 0 bridgehead atoms. The molecule has 0 aromatic heterocycles. The molecule has 0 aromatic rings. The molecule has 0 spiro atoms. The molecule has 102 valence electrons. The van der Waals surface area contributed by atoms with Crippen LogP contribution < -0.4 is 0 Å². The van der Waals surface area contributed by atoms with E-state index in [-0.39, 0.29) is 25.2 Å². The van der Waals surface area contributed by atoms with Gasteiger partial charge in [0, 0.05) is 6.54 Å². The van der Waals surface area contributed by atoms with Gasteiger partial charge in [-0.1, -0.05) is 0 Å².